The number of hydrogen-bond donors (Lipinski definition) is 3. The molecule has 1 saturated heterocycles. The first-order chi connectivity index (χ1) is 10.8. The minimum Gasteiger partial charge on any atom is -0.357 e. The average Bonchev–Trinajstić information content (AvgIpc) is 3.04. The van der Waals surface area contributed by atoms with Crippen LogP contribution in [-0.2, 0) is 4.79 Å². The Morgan fingerprint density at radius 1 is 1.48 bits per heavy atom. The highest BCUT2D eigenvalue weighted by Gasteiger charge is 2.15. The topological polar surface area (TPSA) is 78.4 Å². The standard InChI is InChI=1S/C15H23N5OS.HI/c1-2-17-15(18-10-13-6-4-8-22-13)19-11-14(21)20-12-5-3-7-16-9-12;/h3,5,7,9,13H,2,4,6,8,10-11H2,1H3,(H,20,21)(H2,17,18,19);1H. The molecule has 2 heterocycles. The first-order valence-corrected chi connectivity index (χ1v) is 8.66. The van der Waals surface area contributed by atoms with Gasteiger partial charge in [-0.2, -0.15) is 11.8 Å². The van der Waals surface area contributed by atoms with Gasteiger partial charge in [0.05, 0.1) is 11.9 Å². The van der Waals surface area contributed by atoms with Crippen molar-refractivity contribution in [3.05, 3.63) is 24.5 Å². The smallest absolute Gasteiger partial charge is 0.246 e. The second kappa shape index (κ2) is 11.5. The van der Waals surface area contributed by atoms with Gasteiger partial charge in [0.25, 0.3) is 0 Å². The summed E-state index contributed by atoms with van der Waals surface area (Å²) in [4.78, 5) is 20.2. The largest absolute Gasteiger partial charge is 0.357 e. The van der Waals surface area contributed by atoms with Crippen molar-refractivity contribution in [2.24, 2.45) is 4.99 Å². The number of pyridine rings is 1. The minimum atomic E-state index is -0.152. The monoisotopic (exact) mass is 449 g/mol. The Morgan fingerprint density at radius 3 is 3.00 bits per heavy atom. The molecule has 1 aliphatic rings. The summed E-state index contributed by atoms with van der Waals surface area (Å²) in [5.74, 6) is 1.78. The molecule has 1 aliphatic heterocycles. The number of amides is 1. The fourth-order valence-corrected chi connectivity index (χ4v) is 3.35. The molecule has 0 bridgehead atoms. The summed E-state index contributed by atoms with van der Waals surface area (Å²) in [6.07, 6.45) is 5.82. The third-order valence-electron chi connectivity index (χ3n) is 3.19. The SMILES string of the molecule is CCNC(=NCC(=O)Nc1cccnc1)NCC1CCCS1.I. The molecule has 23 heavy (non-hydrogen) atoms. The van der Waals surface area contributed by atoms with Gasteiger partial charge in [-0.15, -0.1) is 24.0 Å². The van der Waals surface area contributed by atoms with Crippen LogP contribution in [0, 0.1) is 0 Å². The van der Waals surface area contributed by atoms with Gasteiger partial charge in [0, 0.05) is 24.5 Å². The summed E-state index contributed by atoms with van der Waals surface area (Å²) in [7, 11) is 0. The predicted octanol–water partition coefficient (Wildman–Crippen LogP) is 2.09. The number of carbonyl (C=O) groups excluding carboxylic acids is 1. The fourth-order valence-electron chi connectivity index (χ4n) is 2.15. The molecular formula is C15H24IN5OS. The maximum absolute atomic E-state index is 11.9. The van der Waals surface area contributed by atoms with E-state index in [-0.39, 0.29) is 36.4 Å². The van der Waals surface area contributed by atoms with E-state index < -0.39 is 0 Å². The van der Waals surface area contributed by atoms with Crippen molar-refractivity contribution in [2.75, 3.05) is 30.7 Å². The zero-order valence-corrected chi connectivity index (χ0v) is 16.4. The average molecular weight is 449 g/mol. The second-order valence-corrected chi connectivity index (χ2v) is 6.41. The molecule has 0 saturated carbocycles. The van der Waals surface area contributed by atoms with Crippen molar-refractivity contribution in [3.63, 3.8) is 0 Å². The van der Waals surface area contributed by atoms with Gasteiger partial charge < -0.3 is 16.0 Å². The number of rotatable bonds is 6. The van der Waals surface area contributed by atoms with Crippen LogP contribution in [0.25, 0.3) is 0 Å². The zero-order valence-electron chi connectivity index (χ0n) is 13.2. The van der Waals surface area contributed by atoms with Crippen LogP contribution in [0.15, 0.2) is 29.5 Å². The maximum atomic E-state index is 11.9. The third kappa shape index (κ3) is 7.87. The number of nitrogens with one attached hydrogen (secondary N) is 3. The van der Waals surface area contributed by atoms with Gasteiger partial charge in [-0.3, -0.25) is 9.78 Å². The number of guanidine groups is 1. The molecule has 1 aromatic rings. The number of aliphatic imine (C=N–C) groups is 1. The van der Waals surface area contributed by atoms with E-state index in [2.05, 4.69) is 25.9 Å². The third-order valence-corrected chi connectivity index (χ3v) is 4.59. The van der Waals surface area contributed by atoms with Crippen molar-refractivity contribution in [1.29, 1.82) is 0 Å². The van der Waals surface area contributed by atoms with Gasteiger partial charge in [0.1, 0.15) is 6.54 Å². The van der Waals surface area contributed by atoms with E-state index in [1.807, 2.05) is 18.7 Å². The van der Waals surface area contributed by atoms with Crippen LogP contribution in [0.1, 0.15) is 19.8 Å². The Morgan fingerprint density at radius 2 is 2.35 bits per heavy atom. The van der Waals surface area contributed by atoms with Crippen molar-refractivity contribution in [1.82, 2.24) is 15.6 Å². The second-order valence-electron chi connectivity index (χ2n) is 5.00. The molecule has 6 nitrogen and oxygen atoms in total. The van der Waals surface area contributed by atoms with Crippen molar-refractivity contribution in [2.45, 2.75) is 25.0 Å². The lowest BCUT2D eigenvalue weighted by Gasteiger charge is -2.14. The van der Waals surface area contributed by atoms with Crippen LogP contribution in [0.2, 0.25) is 0 Å². The predicted molar refractivity (Wildman–Crippen MR) is 108 cm³/mol. The number of hydrogen-bond acceptors (Lipinski definition) is 4. The Bertz CT molecular complexity index is 494. The molecular weight excluding hydrogens is 425 g/mol. The number of halogens is 1. The summed E-state index contributed by atoms with van der Waals surface area (Å²) in [6, 6.07) is 3.58. The van der Waals surface area contributed by atoms with E-state index in [1.165, 1.54) is 18.6 Å². The Labute approximate surface area is 158 Å². The van der Waals surface area contributed by atoms with Gasteiger partial charge in [0.15, 0.2) is 5.96 Å². The van der Waals surface area contributed by atoms with E-state index in [4.69, 9.17) is 0 Å². The number of aromatic nitrogens is 1. The number of anilines is 1. The van der Waals surface area contributed by atoms with Gasteiger partial charge >= 0.3 is 0 Å². The Balaban J connectivity index is 0.00000264. The number of thioether (sulfide) groups is 1. The summed E-state index contributed by atoms with van der Waals surface area (Å²) >= 11 is 2.00. The molecule has 0 spiro atoms. The van der Waals surface area contributed by atoms with Gasteiger partial charge in [-0.05, 0) is 37.7 Å². The van der Waals surface area contributed by atoms with Gasteiger partial charge in [0.2, 0.25) is 5.91 Å². The van der Waals surface area contributed by atoms with E-state index in [9.17, 15) is 4.79 Å². The lowest BCUT2D eigenvalue weighted by molar-refractivity contribution is -0.114. The maximum Gasteiger partial charge on any atom is 0.246 e. The molecule has 1 amide bonds. The quantitative estimate of drug-likeness (QED) is 0.352. The van der Waals surface area contributed by atoms with Crippen LogP contribution in [-0.4, -0.2) is 47.5 Å². The minimum absolute atomic E-state index is 0. The number of nitrogens with zero attached hydrogens (tertiary/aromatic N) is 2. The molecule has 0 aliphatic carbocycles. The van der Waals surface area contributed by atoms with E-state index >= 15 is 0 Å². The highest BCUT2D eigenvalue weighted by molar-refractivity contribution is 14.0. The molecule has 0 aromatic carbocycles. The lowest BCUT2D eigenvalue weighted by atomic mass is 10.2. The van der Waals surface area contributed by atoms with Crippen molar-refractivity contribution >= 4 is 53.3 Å². The van der Waals surface area contributed by atoms with Crippen LogP contribution in [0.5, 0.6) is 0 Å². The normalized spacial score (nSPS) is 17.3. The lowest BCUT2D eigenvalue weighted by Crippen LogP contribution is -2.40. The number of carbonyl (C=O) groups is 1. The van der Waals surface area contributed by atoms with Crippen LogP contribution >= 0.6 is 35.7 Å². The summed E-state index contributed by atoms with van der Waals surface area (Å²) in [5, 5.41) is 9.89. The molecule has 3 N–H and O–H groups in total. The van der Waals surface area contributed by atoms with Crippen molar-refractivity contribution in [3.8, 4) is 0 Å². The van der Waals surface area contributed by atoms with Crippen LogP contribution in [0.3, 0.4) is 0 Å². The summed E-state index contributed by atoms with van der Waals surface area (Å²) in [5.41, 5.74) is 0.683. The Hall–Kier alpha value is -1.03. The summed E-state index contributed by atoms with van der Waals surface area (Å²) < 4.78 is 0. The molecule has 8 heteroatoms. The molecule has 0 radical (unpaired) electrons. The fraction of sp³-hybridized carbons (Fsp3) is 0.533. The summed E-state index contributed by atoms with van der Waals surface area (Å²) in [6.45, 7) is 3.76. The van der Waals surface area contributed by atoms with Crippen LogP contribution in [0.4, 0.5) is 5.69 Å². The first kappa shape index (κ1) is 20.0. The molecule has 1 fully saturated rings. The van der Waals surface area contributed by atoms with Gasteiger partial charge in [-0.1, -0.05) is 0 Å². The highest BCUT2D eigenvalue weighted by Crippen LogP contribution is 2.25. The Kier molecular flexibility index (Phi) is 10.0. The zero-order chi connectivity index (χ0) is 15.6. The van der Waals surface area contributed by atoms with E-state index in [0.29, 0.717) is 16.9 Å². The van der Waals surface area contributed by atoms with Crippen molar-refractivity contribution < 1.29 is 4.79 Å². The molecule has 128 valence electrons. The molecule has 1 aromatic heterocycles. The first-order valence-electron chi connectivity index (χ1n) is 7.61. The molecule has 1 atom stereocenters. The highest BCUT2D eigenvalue weighted by atomic mass is 127. The molecule has 1 unspecified atom stereocenters. The van der Waals surface area contributed by atoms with E-state index in [0.717, 1.165) is 13.1 Å². The van der Waals surface area contributed by atoms with Crippen LogP contribution < -0.4 is 16.0 Å². The molecule has 2 rings (SSSR count). The van der Waals surface area contributed by atoms with E-state index in [1.54, 1.807) is 24.5 Å². The van der Waals surface area contributed by atoms with Gasteiger partial charge in [-0.25, -0.2) is 4.99 Å².